The van der Waals surface area contributed by atoms with Gasteiger partial charge in [-0.05, 0) is 72.9 Å². The average Bonchev–Trinajstić information content (AvgIpc) is 2.78. The van der Waals surface area contributed by atoms with Crippen molar-refractivity contribution in [3.8, 4) is 0 Å². The molecule has 0 saturated heterocycles. The van der Waals surface area contributed by atoms with Gasteiger partial charge in [0, 0.05) is 37.2 Å². The van der Waals surface area contributed by atoms with E-state index in [1.807, 2.05) is 48.5 Å². The van der Waals surface area contributed by atoms with Gasteiger partial charge in [-0.3, -0.25) is 9.97 Å². The SMILES string of the molecule is Clc1ccc(C(Cc2ccc3ccc(Cl)cc3n2)Cc2ccc3ccc(Cl)cc3n2)cc1. The summed E-state index contributed by atoms with van der Waals surface area (Å²) in [6.07, 6.45) is 1.55. The maximum absolute atomic E-state index is 6.18. The van der Waals surface area contributed by atoms with E-state index in [1.54, 1.807) is 0 Å². The molecule has 5 aromatic rings. The minimum Gasteiger partial charge on any atom is -0.253 e. The lowest BCUT2D eigenvalue weighted by Crippen LogP contribution is -2.09. The Hall–Kier alpha value is -2.65. The third-order valence-electron chi connectivity index (χ3n) is 5.68. The van der Waals surface area contributed by atoms with E-state index in [2.05, 4.69) is 36.4 Å². The number of aromatic nitrogens is 2. The van der Waals surface area contributed by atoms with Gasteiger partial charge in [-0.1, -0.05) is 71.2 Å². The summed E-state index contributed by atoms with van der Waals surface area (Å²) in [6, 6.07) is 28.0. The molecule has 0 N–H and O–H groups in total. The molecule has 0 unspecified atom stereocenters. The summed E-state index contributed by atoms with van der Waals surface area (Å²) >= 11 is 18.5. The van der Waals surface area contributed by atoms with E-state index in [4.69, 9.17) is 44.8 Å². The number of fused-ring (bicyclic) bond motifs is 2. The van der Waals surface area contributed by atoms with Crippen molar-refractivity contribution in [3.05, 3.63) is 117 Å². The van der Waals surface area contributed by atoms with Crippen molar-refractivity contribution in [1.82, 2.24) is 9.97 Å². The largest absolute Gasteiger partial charge is 0.253 e. The second-order valence-electron chi connectivity index (χ2n) is 7.94. The van der Waals surface area contributed by atoms with E-state index in [9.17, 15) is 0 Å². The number of hydrogen-bond acceptors (Lipinski definition) is 2. The van der Waals surface area contributed by atoms with E-state index in [0.717, 1.165) is 51.1 Å². The van der Waals surface area contributed by atoms with Crippen molar-refractivity contribution >= 4 is 56.6 Å². The number of rotatable bonds is 5. The lowest BCUT2D eigenvalue weighted by atomic mass is 9.89. The molecule has 0 bridgehead atoms. The van der Waals surface area contributed by atoms with Crippen molar-refractivity contribution in [2.75, 3.05) is 0 Å². The molecule has 158 valence electrons. The average molecular weight is 478 g/mol. The fourth-order valence-electron chi connectivity index (χ4n) is 4.04. The van der Waals surface area contributed by atoms with Crippen LogP contribution in [0.5, 0.6) is 0 Å². The Morgan fingerprint density at radius 1 is 0.531 bits per heavy atom. The van der Waals surface area contributed by atoms with Crippen molar-refractivity contribution in [1.29, 1.82) is 0 Å². The summed E-state index contributed by atoms with van der Waals surface area (Å²) in [5.41, 5.74) is 5.05. The highest BCUT2D eigenvalue weighted by Crippen LogP contribution is 2.28. The molecule has 0 aliphatic rings. The Labute approximate surface area is 201 Å². The summed E-state index contributed by atoms with van der Waals surface area (Å²) in [5, 5.41) is 4.26. The van der Waals surface area contributed by atoms with Crippen LogP contribution in [-0.4, -0.2) is 9.97 Å². The normalized spacial score (nSPS) is 11.5. The molecule has 0 amide bonds. The smallest absolute Gasteiger partial charge is 0.0720 e. The van der Waals surface area contributed by atoms with Crippen LogP contribution >= 0.6 is 34.8 Å². The van der Waals surface area contributed by atoms with E-state index in [0.29, 0.717) is 10.0 Å². The molecule has 0 radical (unpaired) electrons. The predicted octanol–water partition coefficient (Wildman–Crippen LogP) is 8.31. The van der Waals surface area contributed by atoms with Gasteiger partial charge in [-0.15, -0.1) is 0 Å². The Balaban J connectivity index is 1.50. The van der Waals surface area contributed by atoms with E-state index < -0.39 is 0 Å². The second kappa shape index (κ2) is 9.07. The molecule has 0 spiro atoms. The van der Waals surface area contributed by atoms with E-state index >= 15 is 0 Å². The lowest BCUT2D eigenvalue weighted by Gasteiger charge is -2.18. The van der Waals surface area contributed by atoms with Crippen LogP contribution in [0.3, 0.4) is 0 Å². The van der Waals surface area contributed by atoms with Crippen LogP contribution in [0.2, 0.25) is 15.1 Å². The molecule has 5 rings (SSSR count). The number of benzene rings is 3. The highest BCUT2D eigenvalue weighted by Gasteiger charge is 2.16. The van der Waals surface area contributed by atoms with Crippen molar-refractivity contribution in [2.45, 2.75) is 18.8 Å². The molecule has 2 heterocycles. The molecule has 0 aliphatic carbocycles. The van der Waals surface area contributed by atoms with Crippen molar-refractivity contribution in [3.63, 3.8) is 0 Å². The maximum Gasteiger partial charge on any atom is 0.0720 e. The number of hydrogen-bond donors (Lipinski definition) is 0. The molecular formula is C27H19Cl3N2. The molecule has 0 fully saturated rings. The summed E-state index contributed by atoms with van der Waals surface area (Å²) in [7, 11) is 0. The standard InChI is InChI=1S/C27H19Cl3N2/c28-21-7-1-17(2-8-21)20(13-24-11-5-18-3-9-22(29)15-26(18)31-24)14-25-12-6-19-4-10-23(30)16-27(19)32-25/h1-12,15-16,20H,13-14H2. The Kier molecular flexibility index (Phi) is 6.01. The fourth-order valence-corrected chi connectivity index (χ4v) is 4.50. The number of nitrogens with zero attached hydrogens (tertiary/aromatic N) is 2. The number of pyridine rings is 2. The molecule has 3 aromatic carbocycles. The molecule has 0 aliphatic heterocycles. The summed E-state index contributed by atoms with van der Waals surface area (Å²) in [5.74, 6) is 0.195. The highest BCUT2D eigenvalue weighted by atomic mass is 35.5. The molecule has 5 heteroatoms. The topological polar surface area (TPSA) is 25.8 Å². The van der Waals surface area contributed by atoms with Gasteiger partial charge < -0.3 is 0 Å². The van der Waals surface area contributed by atoms with Crippen LogP contribution in [0, 0.1) is 0 Å². The van der Waals surface area contributed by atoms with E-state index in [1.165, 1.54) is 5.56 Å². The molecule has 0 saturated carbocycles. The summed E-state index contributed by atoms with van der Waals surface area (Å²) in [6.45, 7) is 0. The van der Waals surface area contributed by atoms with Gasteiger partial charge in [0.2, 0.25) is 0 Å². The maximum atomic E-state index is 6.18. The zero-order chi connectivity index (χ0) is 22.1. The van der Waals surface area contributed by atoms with Crippen LogP contribution in [-0.2, 0) is 12.8 Å². The monoisotopic (exact) mass is 476 g/mol. The molecule has 2 nitrogen and oxygen atoms in total. The highest BCUT2D eigenvalue weighted by molar-refractivity contribution is 6.31. The van der Waals surface area contributed by atoms with Gasteiger partial charge >= 0.3 is 0 Å². The second-order valence-corrected chi connectivity index (χ2v) is 9.25. The van der Waals surface area contributed by atoms with Crippen LogP contribution in [0.25, 0.3) is 21.8 Å². The van der Waals surface area contributed by atoms with Crippen LogP contribution in [0.4, 0.5) is 0 Å². The third kappa shape index (κ3) is 4.73. The van der Waals surface area contributed by atoms with Crippen LogP contribution in [0.1, 0.15) is 22.9 Å². The quantitative estimate of drug-likeness (QED) is 0.254. The van der Waals surface area contributed by atoms with Crippen LogP contribution in [0.15, 0.2) is 84.9 Å². The van der Waals surface area contributed by atoms with Crippen molar-refractivity contribution in [2.24, 2.45) is 0 Å². The first kappa shape index (κ1) is 21.2. The summed E-state index contributed by atoms with van der Waals surface area (Å²) < 4.78 is 0. The zero-order valence-corrected chi connectivity index (χ0v) is 19.4. The van der Waals surface area contributed by atoms with Crippen LogP contribution < -0.4 is 0 Å². The minimum absolute atomic E-state index is 0.195. The number of halogens is 3. The first-order valence-corrected chi connectivity index (χ1v) is 11.5. The molecule has 32 heavy (non-hydrogen) atoms. The van der Waals surface area contributed by atoms with Gasteiger partial charge in [0.05, 0.1) is 11.0 Å². The van der Waals surface area contributed by atoms with Gasteiger partial charge in [-0.25, -0.2) is 0 Å². The first-order chi connectivity index (χ1) is 15.5. The minimum atomic E-state index is 0.195. The van der Waals surface area contributed by atoms with Gasteiger partial charge in [-0.2, -0.15) is 0 Å². The fraction of sp³-hybridized carbons (Fsp3) is 0.111. The Bertz CT molecular complexity index is 1330. The zero-order valence-electron chi connectivity index (χ0n) is 17.1. The Morgan fingerprint density at radius 3 is 1.47 bits per heavy atom. The molecule has 0 atom stereocenters. The predicted molar refractivity (Wildman–Crippen MR) is 135 cm³/mol. The third-order valence-corrected chi connectivity index (χ3v) is 6.40. The van der Waals surface area contributed by atoms with Gasteiger partial charge in [0.1, 0.15) is 0 Å². The summed E-state index contributed by atoms with van der Waals surface area (Å²) in [4.78, 5) is 9.75. The molecular weight excluding hydrogens is 459 g/mol. The Morgan fingerprint density at radius 2 is 0.969 bits per heavy atom. The van der Waals surface area contributed by atoms with E-state index in [-0.39, 0.29) is 5.92 Å². The van der Waals surface area contributed by atoms with Crippen molar-refractivity contribution < 1.29 is 0 Å². The van der Waals surface area contributed by atoms with Gasteiger partial charge in [0.25, 0.3) is 0 Å². The molecule has 2 aromatic heterocycles. The first-order valence-electron chi connectivity index (χ1n) is 10.4. The lowest BCUT2D eigenvalue weighted by molar-refractivity contribution is 0.660. The van der Waals surface area contributed by atoms with Gasteiger partial charge in [0.15, 0.2) is 0 Å².